The number of halogens is 3. The predicted octanol–water partition coefficient (Wildman–Crippen LogP) is 6.82. The molecule has 0 aliphatic carbocycles. The Morgan fingerprint density at radius 2 is 1.67 bits per heavy atom. The molecule has 1 aliphatic rings. The number of methoxy groups -OCH3 is 1. The summed E-state index contributed by atoms with van der Waals surface area (Å²) in [6, 6.07) is 15.1. The Kier molecular flexibility index (Phi) is 7.00. The highest BCUT2D eigenvalue weighted by molar-refractivity contribution is 8.27. The van der Waals surface area contributed by atoms with Crippen LogP contribution in [0.15, 0.2) is 71.6 Å². The fraction of sp³-hybridized carbons (Fsp3) is 0.0833. The minimum atomic E-state index is -4.72. The second-order valence-corrected chi connectivity index (χ2v) is 9.00. The Morgan fingerprint density at radius 3 is 2.25 bits per heavy atom. The highest BCUT2D eigenvalue weighted by Gasteiger charge is 2.34. The summed E-state index contributed by atoms with van der Waals surface area (Å²) in [5.74, 6) is 0.182. The van der Waals surface area contributed by atoms with Gasteiger partial charge in [-0.15, -0.1) is 0 Å². The number of nitrogens with zero attached hydrogens (tertiary/aromatic N) is 2. The zero-order valence-corrected chi connectivity index (χ0v) is 19.9. The van der Waals surface area contributed by atoms with Crippen molar-refractivity contribution in [3.8, 4) is 17.2 Å². The van der Waals surface area contributed by atoms with Crippen molar-refractivity contribution in [1.82, 2.24) is 0 Å². The van der Waals surface area contributed by atoms with Gasteiger partial charge in [-0.1, -0.05) is 36.1 Å². The molecule has 0 radical (unpaired) electrons. The summed E-state index contributed by atoms with van der Waals surface area (Å²) < 4.78 is 49.6. The van der Waals surface area contributed by atoms with Crippen LogP contribution >= 0.6 is 24.0 Å². The van der Waals surface area contributed by atoms with Crippen molar-refractivity contribution in [2.45, 2.75) is 6.18 Å². The Balaban J connectivity index is 1.52. The molecule has 1 saturated heterocycles. The van der Waals surface area contributed by atoms with E-state index < -0.39 is 22.4 Å². The second kappa shape index (κ2) is 9.99. The van der Waals surface area contributed by atoms with Gasteiger partial charge in [0, 0.05) is 6.07 Å². The lowest BCUT2D eigenvalue weighted by atomic mass is 10.1. The number of amides is 1. The number of carbonyl (C=O) groups excluding carboxylic acids is 1. The maximum atomic E-state index is 12.9. The number of nitro benzene ring substituents is 1. The maximum Gasteiger partial charge on any atom is 0.416 e. The van der Waals surface area contributed by atoms with Crippen molar-refractivity contribution < 1.29 is 32.4 Å². The van der Waals surface area contributed by atoms with Gasteiger partial charge >= 0.3 is 11.9 Å². The van der Waals surface area contributed by atoms with Gasteiger partial charge in [-0.25, -0.2) is 0 Å². The number of carbonyl (C=O) groups is 1. The van der Waals surface area contributed by atoms with Crippen LogP contribution < -0.4 is 14.4 Å². The van der Waals surface area contributed by atoms with Crippen LogP contribution in [0.3, 0.4) is 0 Å². The molecule has 0 atom stereocenters. The van der Waals surface area contributed by atoms with Crippen LogP contribution in [0, 0.1) is 10.1 Å². The van der Waals surface area contributed by atoms with Gasteiger partial charge in [0.25, 0.3) is 5.91 Å². The molecule has 184 valence electrons. The third-order valence-corrected chi connectivity index (χ3v) is 6.32. The maximum absolute atomic E-state index is 12.9. The van der Waals surface area contributed by atoms with E-state index in [-0.39, 0.29) is 17.4 Å². The second-order valence-electron chi connectivity index (χ2n) is 7.32. The minimum Gasteiger partial charge on any atom is -0.497 e. The monoisotopic (exact) mass is 532 g/mol. The van der Waals surface area contributed by atoms with Gasteiger partial charge in [0.15, 0.2) is 4.32 Å². The Hall–Kier alpha value is -3.90. The van der Waals surface area contributed by atoms with Gasteiger partial charge in [-0.2, -0.15) is 13.2 Å². The number of benzene rings is 3. The molecule has 12 heteroatoms. The van der Waals surface area contributed by atoms with E-state index in [0.29, 0.717) is 38.4 Å². The normalized spacial score (nSPS) is 14.9. The zero-order chi connectivity index (χ0) is 26.0. The molecule has 0 bridgehead atoms. The molecule has 1 heterocycles. The van der Waals surface area contributed by atoms with E-state index in [4.69, 9.17) is 21.7 Å². The lowest BCUT2D eigenvalue weighted by Crippen LogP contribution is -2.27. The van der Waals surface area contributed by atoms with Crippen molar-refractivity contribution in [3.63, 3.8) is 0 Å². The quantitative estimate of drug-likeness (QED) is 0.149. The number of thioether (sulfide) groups is 1. The summed E-state index contributed by atoms with van der Waals surface area (Å²) in [6.45, 7) is 0. The first-order valence-corrected chi connectivity index (χ1v) is 11.3. The average molecular weight is 533 g/mol. The Labute approximate surface area is 212 Å². The third-order valence-electron chi connectivity index (χ3n) is 5.01. The van der Waals surface area contributed by atoms with Crippen LogP contribution in [-0.4, -0.2) is 22.3 Å². The predicted molar refractivity (Wildman–Crippen MR) is 133 cm³/mol. The van der Waals surface area contributed by atoms with E-state index in [2.05, 4.69) is 0 Å². The van der Waals surface area contributed by atoms with Crippen LogP contribution in [0.4, 0.5) is 24.5 Å². The molecule has 3 aromatic rings. The molecular weight excluding hydrogens is 517 g/mol. The van der Waals surface area contributed by atoms with E-state index in [1.54, 1.807) is 49.6 Å². The van der Waals surface area contributed by atoms with Crippen LogP contribution in [-0.2, 0) is 11.0 Å². The van der Waals surface area contributed by atoms with E-state index in [1.807, 2.05) is 0 Å². The Bertz CT molecular complexity index is 1370. The van der Waals surface area contributed by atoms with E-state index >= 15 is 0 Å². The third kappa shape index (κ3) is 5.34. The SMILES string of the molecule is COc1ccc(N2C(=O)/C(=C\c3ccc(Oc4ccc(C(F)(F)F)cc4[N+](=O)[O-])cc3)SC2=S)cc1. The molecule has 0 unspecified atom stereocenters. The van der Waals surface area contributed by atoms with Crippen molar-refractivity contribution in [3.05, 3.63) is 92.9 Å². The topological polar surface area (TPSA) is 81.9 Å². The van der Waals surface area contributed by atoms with Gasteiger partial charge in [0.2, 0.25) is 5.75 Å². The van der Waals surface area contributed by atoms with Gasteiger partial charge in [-0.3, -0.25) is 19.8 Å². The van der Waals surface area contributed by atoms with E-state index in [1.165, 1.54) is 17.0 Å². The molecule has 0 N–H and O–H groups in total. The standard InChI is InChI=1S/C24H15F3N2O5S2/c1-33-17-9-5-16(6-10-17)28-22(30)21(36-23(28)35)12-14-2-7-18(8-3-14)34-20-11-4-15(24(25,26)27)13-19(20)29(31)32/h2-13H,1H3/b21-12+. The van der Waals surface area contributed by atoms with Crippen molar-refractivity contribution in [2.24, 2.45) is 0 Å². The Morgan fingerprint density at radius 1 is 1.03 bits per heavy atom. The molecule has 1 fully saturated rings. The van der Waals surface area contributed by atoms with Crippen molar-refractivity contribution in [2.75, 3.05) is 12.0 Å². The number of thiocarbonyl (C=S) groups is 1. The molecule has 3 aromatic carbocycles. The fourth-order valence-corrected chi connectivity index (χ4v) is 4.55. The van der Waals surface area contributed by atoms with Crippen molar-refractivity contribution in [1.29, 1.82) is 0 Å². The van der Waals surface area contributed by atoms with Crippen LogP contribution in [0.2, 0.25) is 0 Å². The molecule has 1 amide bonds. The molecule has 0 spiro atoms. The lowest BCUT2D eigenvalue weighted by molar-refractivity contribution is -0.385. The molecule has 36 heavy (non-hydrogen) atoms. The zero-order valence-electron chi connectivity index (χ0n) is 18.3. The summed E-state index contributed by atoms with van der Waals surface area (Å²) >= 11 is 6.50. The number of hydrogen-bond acceptors (Lipinski definition) is 7. The molecule has 4 rings (SSSR count). The van der Waals surface area contributed by atoms with Gasteiger partial charge in [-0.05, 0) is 60.2 Å². The molecule has 0 aromatic heterocycles. The number of alkyl halides is 3. The number of ether oxygens (including phenoxy) is 2. The lowest BCUT2D eigenvalue weighted by Gasteiger charge is -2.14. The van der Waals surface area contributed by atoms with Crippen LogP contribution in [0.5, 0.6) is 17.2 Å². The number of hydrogen-bond donors (Lipinski definition) is 0. The minimum absolute atomic E-state index is 0.167. The largest absolute Gasteiger partial charge is 0.497 e. The first kappa shape index (κ1) is 25.2. The first-order chi connectivity index (χ1) is 17.1. The summed E-state index contributed by atoms with van der Waals surface area (Å²) in [5, 5.41) is 11.3. The molecule has 7 nitrogen and oxygen atoms in total. The number of rotatable bonds is 6. The smallest absolute Gasteiger partial charge is 0.416 e. The fourth-order valence-electron chi connectivity index (χ4n) is 3.25. The highest BCUT2D eigenvalue weighted by Crippen LogP contribution is 2.39. The molecular formula is C24H15F3N2O5S2. The summed E-state index contributed by atoms with van der Waals surface area (Å²) in [5.41, 5.74) is -0.733. The van der Waals surface area contributed by atoms with E-state index in [0.717, 1.165) is 17.8 Å². The van der Waals surface area contributed by atoms with E-state index in [9.17, 15) is 28.1 Å². The first-order valence-electron chi connectivity index (χ1n) is 10.1. The summed E-state index contributed by atoms with van der Waals surface area (Å²) in [4.78, 5) is 25.0. The van der Waals surface area contributed by atoms with Crippen LogP contribution in [0.1, 0.15) is 11.1 Å². The van der Waals surface area contributed by atoms with Crippen LogP contribution in [0.25, 0.3) is 6.08 Å². The van der Waals surface area contributed by atoms with Gasteiger partial charge < -0.3 is 9.47 Å². The van der Waals surface area contributed by atoms with Gasteiger partial charge in [0.1, 0.15) is 11.5 Å². The molecule has 0 saturated carbocycles. The summed E-state index contributed by atoms with van der Waals surface area (Å²) in [7, 11) is 1.54. The van der Waals surface area contributed by atoms with Gasteiger partial charge in [0.05, 0.1) is 28.2 Å². The number of nitro groups is 1. The number of anilines is 1. The average Bonchev–Trinajstić information content (AvgIpc) is 3.12. The summed E-state index contributed by atoms with van der Waals surface area (Å²) in [6.07, 6.45) is -3.09. The van der Waals surface area contributed by atoms with Crippen molar-refractivity contribution >= 4 is 51.7 Å². The highest BCUT2D eigenvalue weighted by atomic mass is 32.2. The molecule has 1 aliphatic heterocycles.